The third-order valence-electron chi connectivity index (χ3n) is 12.2. The van der Waals surface area contributed by atoms with E-state index in [0.29, 0.717) is 97.1 Å². The molecule has 0 saturated carbocycles. The molecule has 2 aliphatic heterocycles. The molecule has 4 aromatic carbocycles. The first kappa shape index (κ1) is 59.4. The molecular weight excluding hydrogens is 1200 g/mol. The summed E-state index contributed by atoms with van der Waals surface area (Å²) in [4.78, 5) is 13.3. The zero-order valence-electron chi connectivity index (χ0n) is 38.7. The van der Waals surface area contributed by atoms with Gasteiger partial charge in [-0.15, -0.1) is 22.1 Å². The van der Waals surface area contributed by atoms with Crippen molar-refractivity contribution < 1.29 is 122 Å². The van der Waals surface area contributed by atoms with Crippen LogP contribution in [0.1, 0.15) is 45.0 Å². The first-order valence-corrected chi connectivity index (χ1v) is 22.0. The Balaban J connectivity index is 0.00000860. The largest absolute Gasteiger partial charge is 2.00 e. The zero-order chi connectivity index (χ0) is 58.8. The maximum atomic E-state index is 16.0. The number of allylic oxidation sites excluding steroid dienone is 4. The second-order valence-electron chi connectivity index (χ2n) is 17.2. The van der Waals surface area contributed by atoms with Gasteiger partial charge in [-0.05, 0) is 44.5 Å². The van der Waals surface area contributed by atoms with E-state index in [2.05, 4.69) is 19.9 Å². The molecule has 29 heteroatoms. The van der Waals surface area contributed by atoms with Crippen LogP contribution in [-0.2, 0) is 41.2 Å². The molecule has 8 bridgehead atoms. The van der Waals surface area contributed by atoms with E-state index in [4.69, 9.17) is 0 Å². The van der Waals surface area contributed by atoms with Crippen LogP contribution >= 0.6 is 0 Å². The summed E-state index contributed by atoms with van der Waals surface area (Å²) in [6, 6.07) is 12.9. The Labute approximate surface area is 445 Å². The maximum Gasteiger partial charge on any atom is 2.00 e. The average molecular weight is 1220 g/mol. The van der Waals surface area contributed by atoms with E-state index in [-0.39, 0.29) is 16.5 Å². The number of hydrogen-bond acceptors (Lipinski definition) is 2. The Kier molecular flexibility index (Phi) is 14.5. The van der Waals surface area contributed by atoms with E-state index in [1.54, 1.807) is 0 Å². The fourth-order valence-corrected chi connectivity index (χ4v) is 9.46. The van der Waals surface area contributed by atoms with Crippen LogP contribution in [0.25, 0.3) is 88.9 Å². The molecule has 0 N–H and O–H groups in total. The molecule has 0 saturated heterocycles. The monoisotopic (exact) mass is 1210 g/mol. The number of nitrogens with zero attached hydrogens (tertiary/aromatic N) is 4. The second-order valence-corrected chi connectivity index (χ2v) is 17.2. The van der Waals surface area contributed by atoms with Crippen LogP contribution in [-0.4, -0.2) is 34.7 Å². The molecule has 0 fully saturated rings. The number of benzene rings is 4. The molecule has 0 atom stereocenters. The Hall–Kier alpha value is -7.71. The Morgan fingerprint density at radius 3 is 0.531 bits per heavy atom. The molecule has 7 aromatic rings. The van der Waals surface area contributed by atoms with Gasteiger partial charge < -0.3 is 9.97 Å². The molecule has 81 heavy (non-hydrogen) atoms. The molecule has 0 amide bonds. The van der Waals surface area contributed by atoms with Gasteiger partial charge in [0.1, 0.15) is 0 Å². The normalized spacial score (nSPS) is 14.2. The minimum atomic E-state index is -6.73. The molecule has 3 aromatic heterocycles. The van der Waals surface area contributed by atoms with E-state index >= 15 is 105 Å². The molecule has 0 aliphatic carbocycles. The van der Waals surface area contributed by atoms with E-state index in [1.807, 2.05) is 0 Å². The Morgan fingerprint density at radius 2 is 0.395 bits per heavy atom. The van der Waals surface area contributed by atoms with Crippen molar-refractivity contribution in [3.8, 4) is 44.5 Å². The predicted octanol–water partition coefficient (Wildman–Crippen LogP) is 18.4. The molecule has 4 nitrogen and oxygen atoms in total. The van der Waals surface area contributed by atoms with E-state index in [0.717, 1.165) is 24.3 Å². The maximum absolute atomic E-state index is 16.0. The fraction of sp³-hybridized carbons (Fsp3) is 0.154. The van der Waals surface area contributed by atoms with E-state index in [1.165, 1.54) is 0 Å². The van der Waals surface area contributed by atoms with Crippen LogP contribution in [0.15, 0.2) is 121 Å². The van der Waals surface area contributed by atoms with Gasteiger partial charge in [-0.3, -0.25) is 0 Å². The average Bonchev–Trinajstić information content (AvgIpc) is 4.13. The summed E-state index contributed by atoms with van der Waals surface area (Å²) >= 11 is 0. The summed E-state index contributed by atoms with van der Waals surface area (Å²) in [7, 11) is 0. The van der Waals surface area contributed by atoms with E-state index < -0.39 is 183 Å². The SMILES string of the molecule is FC(F)(F)C1=C(C(F)(F)F)c2nc1c(-c1ccccc1)c1[n-]c(c(-c3ccccc3)c3nc(c(-c4ccccc4)c4[n-]c(c2-c2ccccc2)c(C(F)(F)F)c4C(F)(F)F)C(C(F)(F)F)=C3C(F)(F)F)c(C(F)(F)F)c1C(F)(F)F.[Ni+2]. The number of aromatic nitrogens is 4. The Bertz CT molecular complexity index is 3340. The van der Waals surface area contributed by atoms with Gasteiger partial charge in [0.05, 0.1) is 67.3 Å². The number of halogens is 24. The molecule has 9 rings (SSSR count). The summed E-state index contributed by atoms with van der Waals surface area (Å²) < 4.78 is 383. The van der Waals surface area contributed by atoms with Gasteiger partial charge in [0.15, 0.2) is 0 Å². The van der Waals surface area contributed by atoms with Gasteiger partial charge >= 0.3 is 65.9 Å². The quantitative estimate of drug-likeness (QED) is 0.130. The molecule has 0 radical (unpaired) electrons. The number of fused-ring (bicyclic) bond motifs is 8. The molecule has 5 heterocycles. The summed E-state index contributed by atoms with van der Waals surface area (Å²) in [5.74, 6) is 0. The van der Waals surface area contributed by atoms with Crippen molar-refractivity contribution >= 4 is 44.4 Å². The van der Waals surface area contributed by atoms with Crippen LogP contribution in [0.2, 0.25) is 0 Å². The standard InChI is InChI=1S/C52H20F24N4.Ni/c53-45(54,55)29-31(47(59,60)61)39-26(22-15-7-2-8-16-22)41-33(49(65,66)67)35(51(71,72)73)43(79-41)28(24-19-11-4-12-20-24)44-36(52(74,75)76)34(50(68,69)70)42(80-44)27(23-17-9-3-10-18-23)40-32(48(62,63)64)30(46(56,57)58)38(78-40)25(37(29)77-39)21-13-5-1-6-14-21;/h1-20H;/q-2;+2. The number of hydrogen-bond donors (Lipinski definition) is 0. The Morgan fingerprint density at radius 1 is 0.235 bits per heavy atom. The third kappa shape index (κ3) is 10.5. The van der Waals surface area contributed by atoms with Gasteiger partial charge in [-0.2, -0.15) is 105 Å². The number of rotatable bonds is 4. The molecular formula is C52H20F24N4Ni. The summed E-state index contributed by atoms with van der Waals surface area (Å²) in [5, 5.41) is 0. The van der Waals surface area contributed by atoms with Crippen molar-refractivity contribution in [2.45, 2.75) is 49.4 Å². The van der Waals surface area contributed by atoms with Crippen LogP contribution in [0.4, 0.5) is 105 Å². The van der Waals surface area contributed by atoms with Crippen molar-refractivity contribution in [2.75, 3.05) is 0 Å². The van der Waals surface area contributed by atoms with Gasteiger partial charge in [0.25, 0.3) is 0 Å². The first-order chi connectivity index (χ1) is 36.8. The van der Waals surface area contributed by atoms with Crippen LogP contribution < -0.4 is 9.97 Å². The summed E-state index contributed by atoms with van der Waals surface area (Å²) in [5.41, 5.74) is -61.2. The number of alkyl halides is 24. The minimum absolute atomic E-state index is 0. The first-order valence-electron chi connectivity index (χ1n) is 22.0. The van der Waals surface area contributed by atoms with Gasteiger partial charge in [0.2, 0.25) is 0 Å². The minimum Gasteiger partial charge on any atom is -0.656 e. The van der Waals surface area contributed by atoms with Gasteiger partial charge in [-0.25, -0.2) is 9.97 Å². The van der Waals surface area contributed by atoms with Crippen LogP contribution in [0.5, 0.6) is 0 Å². The predicted molar refractivity (Wildman–Crippen MR) is 239 cm³/mol. The van der Waals surface area contributed by atoms with Crippen LogP contribution in [0.3, 0.4) is 0 Å². The summed E-state index contributed by atoms with van der Waals surface area (Å²) in [6.07, 6.45) is -53.8. The van der Waals surface area contributed by atoms with Crippen molar-refractivity contribution in [2.24, 2.45) is 0 Å². The summed E-state index contributed by atoms with van der Waals surface area (Å²) in [6.45, 7) is 0. The third-order valence-corrected chi connectivity index (χ3v) is 12.2. The van der Waals surface area contributed by atoms with Gasteiger partial charge in [0, 0.05) is 0 Å². The smallest absolute Gasteiger partial charge is 0.656 e. The molecule has 0 unspecified atom stereocenters. The molecule has 426 valence electrons. The van der Waals surface area contributed by atoms with Crippen molar-refractivity contribution in [1.82, 2.24) is 19.9 Å². The van der Waals surface area contributed by atoms with Gasteiger partial charge in [-0.1, -0.05) is 121 Å². The molecule has 0 spiro atoms. The van der Waals surface area contributed by atoms with Crippen molar-refractivity contribution in [3.63, 3.8) is 0 Å². The molecule has 2 aliphatic rings. The zero-order valence-corrected chi connectivity index (χ0v) is 39.7. The van der Waals surface area contributed by atoms with E-state index in [9.17, 15) is 0 Å². The van der Waals surface area contributed by atoms with Crippen LogP contribution in [0, 0.1) is 0 Å². The van der Waals surface area contributed by atoms with Crippen molar-refractivity contribution in [1.29, 1.82) is 0 Å². The topological polar surface area (TPSA) is 54.0 Å². The van der Waals surface area contributed by atoms with Crippen molar-refractivity contribution in [3.05, 3.63) is 166 Å². The fourth-order valence-electron chi connectivity index (χ4n) is 9.46. The second kappa shape index (κ2) is 19.8.